The second kappa shape index (κ2) is 7.24. The highest BCUT2D eigenvalue weighted by atomic mass is 32.2. The lowest BCUT2D eigenvalue weighted by atomic mass is 10.1. The van der Waals surface area contributed by atoms with Gasteiger partial charge in [0.15, 0.2) is 0 Å². The third-order valence-corrected chi connectivity index (χ3v) is 4.34. The van der Waals surface area contributed by atoms with Crippen LogP contribution in [0.5, 0.6) is 0 Å². The van der Waals surface area contributed by atoms with Crippen molar-refractivity contribution in [2.24, 2.45) is 5.10 Å². The van der Waals surface area contributed by atoms with Crippen molar-refractivity contribution in [2.45, 2.75) is 25.7 Å². The molecule has 5 heteroatoms. The molecule has 0 spiro atoms. The minimum Gasteiger partial charge on any atom is -0.200 e. The zero-order valence-corrected chi connectivity index (χ0v) is 14.3. The van der Waals surface area contributed by atoms with E-state index in [1.165, 1.54) is 0 Å². The smallest absolute Gasteiger partial charge is 0.200 e. The van der Waals surface area contributed by atoms with Crippen molar-refractivity contribution in [3.63, 3.8) is 0 Å². The fourth-order valence-corrected chi connectivity index (χ4v) is 2.76. The summed E-state index contributed by atoms with van der Waals surface area (Å²) >= 11 is 0. The fourth-order valence-electron chi connectivity index (χ4n) is 1.94. The second-order valence-electron chi connectivity index (χ2n) is 5.49. The zero-order valence-electron chi connectivity index (χ0n) is 13.4. The molecule has 2 rings (SSSR count). The molecule has 0 aliphatic rings. The maximum Gasteiger partial charge on any atom is 0.276 e. The largest absolute Gasteiger partial charge is 0.276 e. The average Bonchev–Trinajstić information content (AvgIpc) is 2.52. The zero-order chi connectivity index (χ0) is 16.9. The summed E-state index contributed by atoms with van der Waals surface area (Å²) in [7, 11) is -3.68. The predicted molar refractivity (Wildman–Crippen MR) is 93.9 cm³/mol. The number of benzene rings is 2. The summed E-state index contributed by atoms with van der Waals surface area (Å²) in [5.41, 5.74) is 3.45. The van der Waals surface area contributed by atoms with E-state index in [-0.39, 0.29) is 4.90 Å². The van der Waals surface area contributed by atoms with Crippen LogP contribution in [0.2, 0.25) is 0 Å². The van der Waals surface area contributed by atoms with E-state index in [4.69, 9.17) is 0 Å². The van der Waals surface area contributed by atoms with E-state index in [0.29, 0.717) is 5.71 Å². The highest BCUT2D eigenvalue weighted by Gasteiger charge is 2.13. The van der Waals surface area contributed by atoms with Crippen molar-refractivity contribution >= 4 is 15.7 Å². The van der Waals surface area contributed by atoms with Gasteiger partial charge in [-0.05, 0) is 39.0 Å². The molecule has 2 aromatic rings. The number of aryl methyl sites for hydroxylation is 1. The molecule has 0 atom stereocenters. The van der Waals surface area contributed by atoms with Crippen molar-refractivity contribution in [1.29, 1.82) is 0 Å². The Kier molecular flexibility index (Phi) is 5.34. The lowest BCUT2D eigenvalue weighted by molar-refractivity contribution is 0.584. The number of allylic oxidation sites excluding steroid dienone is 2. The SMILES string of the molecule is CC(C)=C/C(=N\NS(=O)(=O)c1ccc(C)cc1)c1ccccc1. The summed E-state index contributed by atoms with van der Waals surface area (Å²) in [4.78, 5) is 2.51. The van der Waals surface area contributed by atoms with Gasteiger partial charge in [-0.3, -0.25) is 0 Å². The molecule has 1 N–H and O–H groups in total. The van der Waals surface area contributed by atoms with E-state index >= 15 is 0 Å². The first-order valence-electron chi connectivity index (χ1n) is 7.25. The maximum atomic E-state index is 12.3. The molecule has 0 saturated heterocycles. The molecule has 0 saturated carbocycles. The van der Waals surface area contributed by atoms with Crippen molar-refractivity contribution in [3.05, 3.63) is 77.4 Å². The summed E-state index contributed by atoms with van der Waals surface area (Å²) in [6, 6.07) is 16.1. The Morgan fingerprint density at radius 2 is 1.61 bits per heavy atom. The van der Waals surface area contributed by atoms with Crippen molar-refractivity contribution in [3.8, 4) is 0 Å². The summed E-state index contributed by atoms with van der Waals surface area (Å²) in [5, 5.41) is 4.11. The molecular weight excluding hydrogens is 308 g/mol. The van der Waals surface area contributed by atoms with Gasteiger partial charge in [0, 0.05) is 5.56 Å². The Balaban J connectivity index is 2.33. The van der Waals surface area contributed by atoms with Crippen molar-refractivity contribution in [1.82, 2.24) is 4.83 Å². The van der Waals surface area contributed by atoms with E-state index in [2.05, 4.69) is 9.93 Å². The van der Waals surface area contributed by atoms with Crippen LogP contribution in [0.25, 0.3) is 0 Å². The molecule has 0 fully saturated rings. The number of rotatable bonds is 5. The van der Waals surface area contributed by atoms with E-state index in [1.807, 2.05) is 57.2 Å². The first-order chi connectivity index (χ1) is 10.9. The van der Waals surface area contributed by atoms with Gasteiger partial charge in [-0.2, -0.15) is 18.4 Å². The van der Waals surface area contributed by atoms with Crippen molar-refractivity contribution in [2.75, 3.05) is 0 Å². The molecule has 0 radical (unpaired) electrons. The summed E-state index contributed by atoms with van der Waals surface area (Å²) < 4.78 is 24.7. The van der Waals surface area contributed by atoms with Gasteiger partial charge in [0.1, 0.15) is 0 Å². The first kappa shape index (κ1) is 17.0. The van der Waals surface area contributed by atoms with E-state index < -0.39 is 10.0 Å². The van der Waals surface area contributed by atoms with Gasteiger partial charge in [0.2, 0.25) is 0 Å². The van der Waals surface area contributed by atoms with Crippen LogP contribution in [0.4, 0.5) is 0 Å². The van der Waals surface area contributed by atoms with Crippen LogP contribution in [-0.4, -0.2) is 14.1 Å². The van der Waals surface area contributed by atoms with Crippen LogP contribution in [0, 0.1) is 6.92 Å². The second-order valence-corrected chi connectivity index (χ2v) is 7.15. The van der Waals surface area contributed by atoms with Crippen LogP contribution < -0.4 is 4.83 Å². The molecule has 4 nitrogen and oxygen atoms in total. The Morgan fingerprint density at radius 1 is 1.00 bits per heavy atom. The molecule has 0 amide bonds. The molecule has 0 heterocycles. The van der Waals surface area contributed by atoms with Crippen LogP contribution in [-0.2, 0) is 10.0 Å². The van der Waals surface area contributed by atoms with E-state index in [9.17, 15) is 8.42 Å². The molecule has 120 valence electrons. The lowest BCUT2D eigenvalue weighted by Crippen LogP contribution is -2.20. The first-order valence-corrected chi connectivity index (χ1v) is 8.73. The topological polar surface area (TPSA) is 58.5 Å². The van der Waals surface area contributed by atoms with Crippen LogP contribution >= 0.6 is 0 Å². The Labute approximate surface area is 137 Å². The molecule has 0 aliphatic carbocycles. The third kappa shape index (κ3) is 4.79. The number of hydrazone groups is 1. The standard InChI is InChI=1S/C18H20N2O2S/c1-14(2)13-18(16-7-5-4-6-8-16)19-20-23(21,22)17-11-9-15(3)10-12-17/h4-13,20H,1-3H3/b19-18+. The minimum atomic E-state index is -3.68. The third-order valence-electron chi connectivity index (χ3n) is 3.11. The molecular formula is C18H20N2O2S. The highest BCUT2D eigenvalue weighted by Crippen LogP contribution is 2.11. The van der Waals surface area contributed by atoms with Gasteiger partial charge in [0.25, 0.3) is 10.0 Å². The molecule has 0 unspecified atom stereocenters. The Bertz CT molecular complexity index is 817. The molecule has 0 bridgehead atoms. The number of hydrogen-bond acceptors (Lipinski definition) is 3. The van der Waals surface area contributed by atoms with Gasteiger partial charge in [0.05, 0.1) is 10.6 Å². The summed E-state index contributed by atoms with van der Waals surface area (Å²) in [6.07, 6.45) is 1.84. The monoisotopic (exact) mass is 328 g/mol. The van der Waals surface area contributed by atoms with E-state index in [0.717, 1.165) is 16.7 Å². The van der Waals surface area contributed by atoms with Crippen LogP contribution in [0.1, 0.15) is 25.0 Å². The van der Waals surface area contributed by atoms with Gasteiger partial charge in [-0.25, -0.2) is 0 Å². The van der Waals surface area contributed by atoms with E-state index in [1.54, 1.807) is 24.3 Å². The predicted octanol–water partition coefficient (Wildman–Crippen LogP) is 3.64. The molecule has 2 aromatic carbocycles. The maximum absolute atomic E-state index is 12.3. The lowest BCUT2D eigenvalue weighted by Gasteiger charge is -2.07. The summed E-state index contributed by atoms with van der Waals surface area (Å²) in [5.74, 6) is 0. The number of sulfonamides is 1. The Morgan fingerprint density at radius 3 is 2.17 bits per heavy atom. The highest BCUT2D eigenvalue weighted by molar-refractivity contribution is 7.89. The van der Waals surface area contributed by atoms with Gasteiger partial charge < -0.3 is 0 Å². The fraction of sp³-hybridized carbons (Fsp3) is 0.167. The molecule has 23 heavy (non-hydrogen) atoms. The van der Waals surface area contributed by atoms with Crippen LogP contribution in [0.15, 0.2) is 76.2 Å². The van der Waals surface area contributed by atoms with Gasteiger partial charge in [-0.1, -0.05) is 53.6 Å². The quantitative estimate of drug-likeness (QED) is 0.673. The Hall–Kier alpha value is -2.40. The molecule has 0 aromatic heterocycles. The molecule has 0 aliphatic heterocycles. The van der Waals surface area contributed by atoms with Gasteiger partial charge in [-0.15, -0.1) is 0 Å². The number of hydrogen-bond donors (Lipinski definition) is 1. The van der Waals surface area contributed by atoms with Crippen LogP contribution in [0.3, 0.4) is 0 Å². The number of nitrogens with one attached hydrogen (secondary N) is 1. The number of nitrogens with zero attached hydrogens (tertiary/aromatic N) is 1. The normalized spacial score (nSPS) is 11.9. The average molecular weight is 328 g/mol. The minimum absolute atomic E-state index is 0.191. The van der Waals surface area contributed by atoms with Gasteiger partial charge >= 0.3 is 0 Å². The van der Waals surface area contributed by atoms with Crippen molar-refractivity contribution < 1.29 is 8.42 Å². The summed E-state index contributed by atoms with van der Waals surface area (Å²) in [6.45, 7) is 5.78.